The summed E-state index contributed by atoms with van der Waals surface area (Å²) in [7, 11) is -3.36. The van der Waals surface area contributed by atoms with Crippen molar-refractivity contribution >= 4 is 33.3 Å². The molecule has 3 amide bonds. The Morgan fingerprint density at radius 3 is 2.31 bits per heavy atom. The quantitative estimate of drug-likeness (QED) is 0.388. The van der Waals surface area contributed by atoms with Gasteiger partial charge in [0.25, 0.3) is 0 Å². The van der Waals surface area contributed by atoms with E-state index in [1.165, 1.54) is 0 Å². The number of carbonyl (C=O) groups is 2. The van der Waals surface area contributed by atoms with E-state index in [1.54, 1.807) is 17.0 Å². The van der Waals surface area contributed by atoms with Gasteiger partial charge in [-0.3, -0.25) is 4.79 Å². The molecule has 0 bridgehead atoms. The number of carbonyl (C=O) groups excluding carboxylic acids is 2. The van der Waals surface area contributed by atoms with Gasteiger partial charge in [-0.1, -0.05) is 36.4 Å². The molecule has 0 aromatic heterocycles. The van der Waals surface area contributed by atoms with Gasteiger partial charge in [0.1, 0.15) is 6.04 Å². The predicted octanol–water partition coefficient (Wildman–Crippen LogP) is 4.74. The highest BCUT2D eigenvalue weighted by Crippen LogP contribution is 2.30. The molecule has 39 heavy (non-hydrogen) atoms. The van der Waals surface area contributed by atoms with Crippen LogP contribution >= 0.6 is 0 Å². The molecule has 3 aromatic carbocycles. The Morgan fingerprint density at radius 2 is 1.67 bits per heavy atom. The van der Waals surface area contributed by atoms with Gasteiger partial charge in [-0.05, 0) is 65.9 Å². The Morgan fingerprint density at radius 1 is 1.00 bits per heavy atom. The summed E-state index contributed by atoms with van der Waals surface area (Å²) in [6.07, 6.45) is -2.32. The molecule has 0 radical (unpaired) electrons. The first-order valence-corrected chi connectivity index (χ1v) is 14.0. The van der Waals surface area contributed by atoms with E-state index in [1.807, 2.05) is 36.4 Å². The molecule has 206 valence electrons. The summed E-state index contributed by atoms with van der Waals surface area (Å²) in [6.45, 7) is 0.606. The van der Waals surface area contributed by atoms with Gasteiger partial charge < -0.3 is 15.5 Å². The highest BCUT2D eigenvalue weighted by atomic mass is 32.2. The second-order valence-electron chi connectivity index (χ2n) is 9.16. The first-order valence-electron chi connectivity index (χ1n) is 12.1. The second kappa shape index (κ2) is 11.5. The van der Waals surface area contributed by atoms with Crippen molar-refractivity contribution in [2.24, 2.45) is 0 Å². The van der Waals surface area contributed by atoms with Crippen LogP contribution in [0.3, 0.4) is 0 Å². The van der Waals surface area contributed by atoms with Gasteiger partial charge in [-0.25, -0.2) is 17.9 Å². The fourth-order valence-electron chi connectivity index (χ4n) is 4.32. The third-order valence-corrected chi connectivity index (χ3v) is 6.91. The normalized spacial score (nSPS) is 16.2. The van der Waals surface area contributed by atoms with E-state index in [2.05, 4.69) is 15.4 Å². The standard InChI is InChI=1S/C27H27F3N4O4S/c1-39(37,38)31-17-19-5-2-3-6-23(19)18-8-14-22(15-9-18)34-16-4-7-24(25(34)35)33-26(36)32-21-12-10-20(11-13-21)27(28,29)30/h2-3,5-6,8-15,24,31H,4,7,16-17H2,1H3,(H2,32,33,36)/t24-/m1/s1. The Kier molecular flexibility index (Phi) is 8.26. The van der Waals surface area contributed by atoms with Crippen LogP contribution in [0.4, 0.5) is 29.3 Å². The number of hydrogen-bond donors (Lipinski definition) is 3. The van der Waals surface area contributed by atoms with Crippen molar-refractivity contribution in [3.8, 4) is 11.1 Å². The zero-order valence-corrected chi connectivity index (χ0v) is 21.8. The third kappa shape index (κ3) is 7.36. The molecular formula is C27H27F3N4O4S. The van der Waals surface area contributed by atoms with Crippen molar-refractivity contribution in [2.45, 2.75) is 31.6 Å². The van der Waals surface area contributed by atoms with Crippen molar-refractivity contribution in [2.75, 3.05) is 23.0 Å². The van der Waals surface area contributed by atoms with E-state index in [-0.39, 0.29) is 18.1 Å². The monoisotopic (exact) mass is 560 g/mol. The Bertz CT molecular complexity index is 1440. The number of amides is 3. The van der Waals surface area contributed by atoms with E-state index in [0.717, 1.165) is 47.2 Å². The van der Waals surface area contributed by atoms with Crippen LogP contribution < -0.4 is 20.3 Å². The molecule has 1 aliphatic rings. The molecule has 1 fully saturated rings. The van der Waals surface area contributed by atoms with E-state index in [9.17, 15) is 31.2 Å². The maximum absolute atomic E-state index is 13.2. The lowest BCUT2D eigenvalue weighted by Crippen LogP contribution is -2.53. The number of alkyl halides is 3. The van der Waals surface area contributed by atoms with Crippen LogP contribution in [0, 0.1) is 0 Å². The molecule has 8 nitrogen and oxygen atoms in total. The molecule has 0 saturated carbocycles. The van der Waals surface area contributed by atoms with Crippen molar-refractivity contribution in [1.29, 1.82) is 0 Å². The van der Waals surface area contributed by atoms with E-state index < -0.39 is 33.8 Å². The Balaban J connectivity index is 1.41. The van der Waals surface area contributed by atoms with Gasteiger partial charge in [0.2, 0.25) is 15.9 Å². The zero-order chi connectivity index (χ0) is 28.2. The molecule has 3 N–H and O–H groups in total. The van der Waals surface area contributed by atoms with Gasteiger partial charge >= 0.3 is 12.2 Å². The van der Waals surface area contributed by atoms with Crippen LogP contribution in [0.1, 0.15) is 24.0 Å². The number of hydrogen-bond acceptors (Lipinski definition) is 4. The number of urea groups is 1. The molecular weight excluding hydrogens is 533 g/mol. The van der Waals surface area contributed by atoms with Crippen molar-refractivity contribution in [3.63, 3.8) is 0 Å². The summed E-state index contributed by atoms with van der Waals surface area (Å²) in [6, 6.07) is 17.2. The number of piperidine rings is 1. The van der Waals surface area contributed by atoms with Gasteiger partial charge in [0, 0.05) is 24.5 Å². The highest BCUT2D eigenvalue weighted by Gasteiger charge is 2.32. The SMILES string of the molecule is CS(=O)(=O)NCc1ccccc1-c1ccc(N2CCC[C@@H](NC(=O)Nc3ccc(C(F)(F)F)cc3)C2=O)cc1. The molecule has 0 unspecified atom stereocenters. The lowest BCUT2D eigenvalue weighted by atomic mass is 9.98. The number of anilines is 2. The highest BCUT2D eigenvalue weighted by molar-refractivity contribution is 7.88. The zero-order valence-electron chi connectivity index (χ0n) is 21.0. The molecule has 1 saturated heterocycles. The van der Waals surface area contributed by atoms with Crippen LogP contribution in [0.25, 0.3) is 11.1 Å². The molecule has 0 aliphatic carbocycles. The van der Waals surface area contributed by atoms with Crippen LogP contribution in [0.5, 0.6) is 0 Å². The number of halogens is 3. The fraction of sp³-hybridized carbons (Fsp3) is 0.259. The number of sulfonamides is 1. The number of rotatable bonds is 7. The van der Waals surface area contributed by atoms with E-state index in [4.69, 9.17) is 0 Å². The Hall–Kier alpha value is -3.90. The minimum Gasteiger partial charge on any atom is -0.326 e. The average Bonchev–Trinajstić information content (AvgIpc) is 2.88. The molecule has 12 heteroatoms. The van der Waals surface area contributed by atoms with E-state index in [0.29, 0.717) is 25.1 Å². The average molecular weight is 561 g/mol. The summed E-state index contributed by atoms with van der Waals surface area (Å²) in [4.78, 5) is 27.2. The van der Waals surface area contributed by atoms with Crippen LogP contribution in [-0.4, -0.2) is 39.2 Å². The maximum Gasteiger partial charge on any atom is 0.416 e. The Labute approximate surface area is 224 Å². The summed E-state index contributed by atoms with van der Waals surface area (Å²) < 4.78 is 63.8. The van der Waals surface area contributed by atoms with Crippen LogP contribution in [-0.2, 0) is 27.5 Å². The number of benzene rings is 3. The molecule has 3 aromatic rings. The number of nitrogens with zero attached hydrogens (tertiary/aromatic N) is 1. The number of nitrogens with one attached hydrogen (secondary N) is 3. The fourth-order valence-corrected chi connectivity index (χ4v) is 4.74. The summed E-state index contributed by atoms with van der Waals surface area (Å²) in [5.74, 6) is -0.297. The summed E-state index contributed by atoms with van der Waals surface area (Å²) >= 11 is 0. The second-order valence-corrected chi connectivity index (χ2v) is 11.0. The first kappa shape index (κ1) is 28.1. The minimum atomic E-state index is -4.48. The van der Waals surface area contributed by atoms with Crippen molar-refractivity contribution in [1.82, 2.24) is 10.0 Å². The van der Waals surface area contributed by atoms with Crippen LogP contribution in [0.2, 0.25) is 0 Å². The molecule has 4 rings (SSSR count). The molecule has 1 aliphatic heterocycles. The van der Waals surface area contributed by atoms with Crippen molar-refractivity contribution in [3.05, 3.63) is 83.9 Å². The molecule has 1 atom stereocenters. The topological polar surface area (TPSA) is 108 Å². The predicted molar refractivity (Wildman–Crippen MR) is 143 cm³/mol. The van der Waals surface area contributed by atoms with Crippen LogP contribution in [0.15, 0.2) is 72.8 Å². The molecule has 1 heterocycles. The molecule has 0 spiro atoms. The lowest BCUT2D eigenvalue weighted by Gasteiger charge is -2.32. The van der Waals surface area contributed by atoms with Gasteiger partial charge in [0.15, 0.2) is 0 Å². The summed E-state index contributed by atoms with van der Waals surface area (Å²) in [5.41, 5.74) is 2.48. The van der Waals surface area contributed by atoms with Gasteiger partial charge in [0.05, 0.1) is 11.8 Å². The van der Waals surface area contributed by atoms with Gasteiger partial charge in [-0.2, -0.15) is 13.2 Å². The minimum absolute atomic E-state index is 0.142. The first-order chi connectivity index (χ1) is 18.4. The third-order valence-electron chi connectivity index (χ3n) is 6.25. The van der Waals surface area contributed by atoms with E-state index >= 15 is 0 Å². The van der Waals surface area contributed by atoms with Crippen molar-refractivity contribution < 1.29 is 31.2 Å². The smallest absolute Gasteiger partial charge is 0.326 e. The van der Waals surface area contributed by atoms with Gasteiger partial charge in [-0.15, -0.1) is 0 Å². The lowest BCUT2D eigenvalue weighted by molar-refractivity contribution is -0.137. The largest absolute Gasteiger partial charge is 0.416 e. The maximum atomic E-state index is 13.2. The summed E-state index contributed by atoms with van der Waals surface area (Å²) in [5, 5.41) is 5.08.